The third kappa shape index (κ3) is 1.85. The molecule has 2 rings (SSSR count). The summed E-state index contributed by atoms with van der Waals surface area (Å²) in [6.07, 6.45) is -4.50. The normalized spacial score (nSPS) is 12.3. The van der Waals surface area contributed by atoms with Crippen LogP contribution >= 0.6 is 22.6 Å². The molecule has 80 valence electrons. The fourth-order valence-corrected chi connectivity index (χ4v) is 1.80. The van der Waals surface area contributed by atoms with Gasteiger partial charge in [-0.3, -0.25) is 0 Å². The van der Waals surface area contributed by atoms with Crippen LogP contribution in [0.2, 0.25) is 0 Å². The van der Waals surface area contributed by atoms with Crippen LogP contribution in [-0.2, 0) is 6.18 Å². The molecule has 0 radical (unpaired) electrons. The van der Waals surface area contributed by atoms with Crippen LogP contribution in [0.1, 0.15) is 5.82 Å². The number of aromatic nitrogens is 3. The van der Waals surface area contributed by atoms with E-state index in [-0.39, 0.29) is 17.0 Å². The first-order valence-corrected chi connectivity index (χ1v) is 4.85. The Kier molecular flexibility index (Phi) is 2.24. The molecular formula is C7H4F3IN4. The molecule has 0 saturated carbocycles. The number of nitrogens with one attached hydrogen (secondary N) is 1. The molecule has 2 heterocycles. The molecule has 0 unspecified atom stereocenters. The summed E-state index contributed by atoms with van der Waals surface area (Å²) in [5.74, 6) is -0.905. The third-order valence-electron chi connectivity index (χ3n) is 1.69. The number of pyridine rings is 1. The number of anilines is 1. The number of aromatic amines is 1. The lowest BCUT2D eigenvalue weighted by Gasteiger charge is -1.98. The molecule has 2 aromatic heterocycles. The van der Waals surface area contributed by atoms with Gasteiger partial charge in [-0.2, -0.15) is 13.2 Å². The Morgan fingerprint density at radius 1 is 1.33 bits per heavy atom. The van der Waals surface area contributed by atoms with E-state index in [1.807, 2.05) is 22.6 Å². The van der Waals surface area contributed by atoms with Crippen molar-refractivity contribution >= 4 is 39.6 Å². The Hall–Kier alpha value is -1.06. The summed E-state index contributed by atoms with van der Waals surface area (Å²) in [5.41, 5.74) is 5.62. The molecule has 0 fully saturated rings. The third-order valence-corrected chi connectivity index (χ3v) is 2.52. The number of halogens is 4. The first-order chi connectivity index (χ1) is 6.88. The zero-order chi connectivity index (χ0) is 11.2. The number of alkyl halides is 3. The van der Waals surface area contributed by atoms with Crippen molar-refractivity contribution < 1.29 is 13.2 Å². The lowest BCUT2D eigenvalue weighted by atomic mass is 10.4. The van der Waals surface area contributed by atoms with E-state index in [0.29, 0.717) is 3.57 Å². The van der Waals surface area contributed by atoms with Crippen LogP contribution in [0.25, 0.3) is 11.2 Å². The second-order valence-electron chi connectivity index (χ2n) is 2.81. The first-order valence-electron chi connectivity index (χ1n) is 3.77. The average Bonchev–Trinajstić information content (AvgIpc) is 2.46. The monoisotopic (exact) mass is 328 g/mol. The fraction of sp³-hybridized carbons (Fsp3) is 0.143. The van der Waals surface area contributed by atoms with Crippen LogP contribution in [0, 0.1) is 3.57 Å². The number of imidazole rings is 1. The number of nitrogens with two attached hydrogens (primary N) is 1. The summed E-state index contributed by atoms with van der Waals surface area (Å²) in [7, 11) is 0. The fourth-order valence-electron chi connectivity index (χ4n) is 1.11. The number of hydrogen-bond acceptors (Lipinski definition) is 3. The highest BCUT2D eigenvalue weighted by Crippen LogP contribution is 2.29. The van der Waals surface area contributed by atoms with Gasteiger partial charge in [-0.1, -0.05) is 0 Å². The summed E-state index contributed by atoms with van der Waals surface area (Å²) in [4.78, 5) is 9.23. The van der Waals surface area contributed by atoms with Crippen molar-refractivity contribution in [1.29, 1.82) is 0 Å². The van der Waals surface area contributed by atoms with Gasteiger partial charge in [-0.05, 0) is 28.7 Å². The molecule has 0 aliphatic carbocycles. The minimum atomic E-state index is -4.50. The number of hydrogen-bond donors (Lipinski definition) is 2. The molecule has 0 aliphatic heterocycles. The molecular weight excluding hydrogens is 324 g/mol. The van der Waals surface area contributed by atoms with Gasteiger partial charge in [0.1, 0.15) is 11.3 Å². The highest BCUT2D eigenvalue weighted by molar-refractivity contribution is 14.1. The molecule has 4 nitrogen and oxygen atoms in total. The second-order valence-corrected chi connectivity index (χ2v) is 3.97. The summed E-state index contributed by atoms with van der Waals surface area (Å²) < 4.78 is 37.4. The van der Waals surface area contributed by atoms with Gasteiger partial charge in [0.05, 0.1) is 0 Å². The van der Waals surface area contributed by atoms with Crippen LogP contribution in [-0.4, -0.2) is 15.0 Å². The van der Waals surface area contributed by atoms with Crippen molar-refractivity contribution in [1.82, 2.24) is 15.0 Å². The molecule has 2 aromatic rings. The van der Waals surface area contributed by atoms with E-state index in [1.165, 1.54) is 6.07 Å². The van der Waals surface area contributed by atoms with E-state index in [9.17, 15) is 13.2 Å². The molecule has 0 spiro atoms. The molecule has 15 heavy (non-hydrogen) atoms. The lowest BCUT2D eigenvalue weighted by molar-refractivity contribution is -0.144. The molecule has 8 heteroatoms. The van der Waals surface area contributed by atoms with Crippen LogP contribution in [0.5, 0.6) is 0 Å². The van der Waals surface area contributed by atoms with E-state index in [1.54, 1.807) is 0 Å². The summed E-state index contributed by atoms with van der Waals surface area (Å²) in [6.45, 7) is 0. The SMILES string of the molecule is Nc1cc(I)c2nc(C(F)(F)F)[nH]c2n1. The Morgan fingerprint density at radius 2 is 2.00 bits per heavy atom. The van der Waals surface area contributed by atoms with E-state index in [4.69, 9.17) is 5.73 Å². The van der Waals surface area contributed by atoms with Crippen molar-refractivity contribution in [2.24, 2.45) is 0 Å². The van der Waals surface area contributed by atoms with Crippen molar-refractivity contribution in [2.75, 3.05) is 5.73 Å². The van der Waals surface area contributed by atoms with Crippen molar-refractivity contribution in [3.8, 4) is 0 Å². The van der Waals surface area contributed by atoms with Gasteiger partial charge in [0.15, 0.2) is 5.65 Å². The summed E-state index contributed by atoms with van der Waals surface area (Å²) >= 11 is 1.86. The zero-order valence-electron chi connectivity index (χ0n) is 7.06. The van der Waals surface area contributed by atoms with Crippen molar-refractivity contribution in [2.45, 2.75) is 6.18 Å². The Bertz CT molecular complexity index is 519. The number of nitrogen functional groups attached to an aromatic ring is 1. The topological polar surface area (TPSA) is 67.6 Å². The van der Waals surface area contributed by atoms with Gasteiger partial charge in [0, 0.05) is 3.57 Å². The number of H-pyrrole nitrogens is 1. The van der Waals surface area contributed by atoms with E-state index in [2.05, 4.69) is 15.0 Å². The highest BCUT2D eigenvalue weighted by atomic mass is 127. The van der Waals surface area contributed by atoms with Crippen molar-refractivity contribution in [3.05, 3.63) is 15.5 Å². The van der Waals surface area contributed by atoms with Gasteiger partial charge in [0.2, 0.25) is 5.82 Å². The summed E-state index contributed by atoms with van der Waals surface area (Å²) in [6, 6.07) is 1.46. The smallest absolute Gasteiger partial charge is 0.384 e. The van der Waals surface area contributed by atoms with E-state index in [0.717, 1.165) is 0 Å². The molecule has 0 bridgehead atoms. The maximum atomic E-state index is 12.3. The van der Waals surface area contributed by atoms with Gasteiger partial charge >= 0.3 is 6.18 Å². The van der Waals surface area contributed by atoms with Gasteiger partial charge in [-0.15, -0.1) is 0 Å². The van der Waals surface area contributed by atoms with Gasteiger partial charge in [-0.25, -0.2) is 9.97 Å². The first kappa shape index (κ1) is 10.5. The minimum Gasteiger partial charge on any atom is -0.384 e. The summed E-state index contributed by atoms with van der Waals surface area (Å²) in [5, 5.41) is 0. The van der Waals surface area contributed by atoms with Gasteiger partial charge < -0.3 is 10.7 Å². The lowest BCUT2D eigenvalue weighted by Crippen LogP contribution is -2.06. The van der Waals surface area contributed by atoms with E-state index >= 15 is 0 Å². The Morgan fingerprint density at radius 3 is 2.60 bits per heavy atom. The predicted molar refractivity (Wildman–Crippen MR) is 56.0 cm³/mol. The maximum absolute atomic E-state index is 12.3. The molecule has 0 aliphatic rings. The molecule has 0 saturated heterocycles. The van der Waals surface area contributed by atoms with Crippen LogP contribution < -0.4 is 5.73 Å². The highest BCUT2D eigenvalue weighted by Gasteiger charge is 2.35. The zero-order valence-corrected chi connectivity index (χ0v) is 9.22. The standard InChI is InChI=1S/C7H4F3IN4/c8-7(9,10)6-14-4-2(11)1-3(12)13-5(4)15-6/h1H,(H3,12,13,14,15). The Balaban J connectivity index is 2.71. The van der Waals surface area contributed by atoms with Gasteiger partial charge in [0.25, 0.3) is 0 Å². The largest absolute Gasteiger partial charge is 0.449 e. The van der Waals surface area contributed by atoms with Crippen LogP contribution in [0.15, 0.2) is 6.07 Å². The molecule has 3 N–H and O–H groups in total. The van der Waals surface area contributed by atoms with Crippen LogP contribution in [0.3, 0.4) is 0 Å². The van der Waals surface area contributed by atoms with E-state index < -0.39 is 12.0 Å². The minimum absolute atomic E-state index is 0.0479. The number of fused-ring (bicyclic) bond motifs is 1. The number of rotatable bonds is 0. The Labute approximate surface area is 95.2 Å². The molecule has 0 atom stereocenters. The second kappa shape index (κ2) is 3.22. The molecule has 0 amide bonds. The van der Waals surface area contributed by atoms with Crippen molar-refractivity contribution in [3.63, 3.8) is 0 Å². The maximum Gasteiger partial charge on any atom is 0.449 e. The predicted octanol–water partition coefficient (Wildman–Crippen LogP) is 2.16. The average molecular weight is 328 g/mol. The molecule has 0 aromatic carbocycles. The quantitative estimate of drug-likeness (QED) is 0.729. The van der Waals surface area contributed by atoms with Crippen LogP contribution in [0.4, 0.5) is 19.0 Å². The number of nitrogens with zero attached hydrogens (tertiary/aromatic N) is 2.